The lowest BCUT2D eigenvalue weighted by Gasteiger charge is -2.17. The van der Waals surface area contributed by atoms with Crippen molar-refractivity contribution in [1.29, 1.82) is 0 Å². The first-order valence-corrected chi connectivity index (χ1v) is 8.15. The number of para-hydroxylation sites is 1. The van der Waals surface area contributed by atoms with Crippen LogP contribution in [0.3, 0.4) is 0 Å². The van der Waals surface area contributed by atoms with Crippen molar-refractivity contribution < 1.29 is 4.79 Å². The summed E-state index contributed by atoms with van der Waals surface area (Å²) in [6.07, 6.45) is 1.55. The van der Waals surface area contributed by atoms with Crippen LogP contribution in [0, 0.1) is 0 Å². The first-order chi connectivity index (χ1) is 12.1. The molecule has 0 bridgehead atoms. The molecule has 2 aromatic carbocycles. The van der Waals surface area contributed by atoms with E-state index in [0.717, 1.165) is 5.56 Å². The van der Waals surface area contributed by atoms with Crippen molar-refractivity contribution in [3.05, 3.63) is 83.1 Å². The fourth-order valence-electron chi connectivity index (χ4n) is 2.35. The van der Waals surface area contributed by atoms with Gasteiger partial charge in [-0.3, -0.25) is 4.79 Å². The molecular weight excluding hydrogens is 336 g/mol. The Morgan fingerprint density at radius 2 is 1.80 bits per heavy atom. The van der Waals surface area contributed by atoms with E-state index in [1.54, 1.807) is 30.3 Å². The van der Waals surface area contributed by atoms with E-state index in [2.05, 4.69) is 15.3 Å². The van der Waals surface area contributed by atoms with Gasteiger partial charge in [-0.25, -0.2) is 9.97 Å². The third-order valence-corrected chi connectivity index (χ3v) is 3.93. The number of nitrogens with zero attached hydrogens (tertiary/aromatic N) is 3. The highest BCUT2D eigenvalue weighted by Crippen LogP contribution is 2.23. The monoisotopic (exact) mass is 352 g/mol. The molecule has 3 rings (SSSR count). The third-order valence-electron chi connectivity index (χ3n) is 3.60. The quantitative estimate of drug-likeness (QED) is 0.749. The van der Waals surface area contributed by atoms with Crippen LogP contribution < -0.4 is 5.32 Å². The van der Waals surface area contributed by atoms with Gasteiger partial charge in [0.25, 0.3) is 5.91 Å². The Morgan fingerprint density at radius 1 is 1.08 bits per heavy atom. The molecule has 0 radical (unpaired) electrons. The van der Waals surface area contributed by atoms with Crippen LogP contribution in [0.5, 0.6) is 0 Å². The fourth-order valence-corrected chi connectivity index (χ4v) is 2.53. The van der Waals surface area contributed by atoms with Gasteiger partial charge in [0.15, 0.2) is 0 Å². The average Bonchev–Trinajstić information content (AvgIpc) is 2.64. The van der Waals surface area contributed by atoms with E-state index in [0.29, 0.717) is 28.9 Å². The number of aromatic nitrogens is 2. The van der Waals surface area contributed by atoms with Crippen molar-refractivity contribution in [1.82, 2.24) is 14.9 Å². The van der Waals surface area contributed by atoms with E-state index in [1.807, 2.05) is 48.5 Å². The lowest BCUT2D eigenvalue weighted by Crippen LogP contribution is -2.27. The lowest BCUT2D eigenvalue weighted by molar-refractivity contribution is 0.0779. The van der Waals surface area contributed by atoms with Crippen molar-refractivity contribution in [3.63, 3.8) is 0 Å². The van der Waals surface area contributed by atoms with E-state index >= 15 is 0 Å². The summed E-state index contributed by atoms with van der Waals surface area (Å²) in [5.41, 5.74) is 2.07. The molecule has 5 nitrogen and oxygen atoms in total. The van der Waals surface area contributed by atoms with Gasteiger partial charge in [-0.05, 0) is 23.8 Å². The summed E-state index contributed by atoms with van der Waals surface area (Å²) in [7, 11) is 1.75. The normalized spacial score (nSPS) is 10.3. The minimum absolute atomic E-state index is 0.173. The summed E-state index contributed by atoms with van der Waals surface area (Å²) in [6.45, 7) is 0.511. The van der Waals surface area contributed by atoms with Gasteiger partial charge < -0.3 is 10.2 Å². The van der Waals surface area contributed by atoms with Gasteiger partial charge in [-0.2, -0.15) is 0 Å². The predicted octanol–water partition coefficient (Wildman–Crippen LogP) is 4.15. The second-order valence-corrected chi connectivity index (χ2v) is 5.92. The Balaban J connectivity index is 1.74. The fraction of sp³-hybridized carbons (Fsp3) is 0.105. The number of carbonyl (C=O) groups excluding carboxylic acids is 1. The number of carbonyl (C=O) groups is 1. The molecule has 25 heavy (non-hydrogen) atoms. The summed E-state index contributed by atoms with van der Waals surface area (Å²) in [5.74, 6) is 0.153. The zero-order chi connectivity index (χ0) is 17.6. The van der Waals surface area contributed by atoms with Gasteiger partial charge in [0, 0.05) is 19.8 Å². The van der Waals surface area contributed by atoms with Gasteiger partial charge >= 0.3 is 0 Å². The Morgan fingerprint density at radius 3 is 2.56 bits per heavy atom. The molecular formula is C19H17ClN4O. The highest BCUT2D eigenvalue weighted by molar-refractivity contribution is 6.33. The molecule has 0 saturated heterocycles. The number of anilines is 2. The largest absolute Gasteiger partial charge is 0.336 e. The third kappa shape index (κ3) is 4.33. The SMILES string of the molecule is CN(Cc1ccccc1)C(=O)c1ccnc(Nc2ccccc2Cl)n1. The number of nitrogens with one attached hydrogen (secondary N) is 1. The first-order valence-electron chi connectivity index (χ1n) is 7.77. The van der Waals surface area contributed by atoms with E-state index in [9.17, 15) is 4.79 Å². The molecule has 0 aliphatic heterocycles. The minimum Gasteiger partial charge on any atom is -0.336 e. The van der Waals surface area contributed by atoms with Crippen LogP contribution in [0.2, 0.25) is 5.02 Å². The van der Waals surface area contributed by atoms with E-state index in [-0.39, 0.29) is 5.91 Å². The molecule has 1 amide bonds. The van der Waals surface area contributed by atoms with Crippen LogP contribution in [0.4, 0.5) is 11.6 Å². The molecule has 1 heterocycles. The van der Waals surface area contributed by atoms with E-state index < -0.39 is 0 Å². The Labute approximate surface area is 151 Å². The second kappa shape index (κ2) is 7.77. The van der Waals surface area contributed by atoms with Gasteiger partial charge in [0.05, 0.1) is 10.7 Å². The summed E-state index contributed by atoms with van der Waals surface area (Å²) in [6, 6.07) is 18.7. The molecule has 0 atom stereocenters. The second-order valence-electron chi connectivity index (χ2n) is 5.52. The molecule has 0 unspecified atom stereocenters. The summed E-state index contributed by atoms with van der Waals surface area (Å²) < 4.78 is 0. The summed E-state index contributed by atoms with van der Waals surface area (Å²) in [5, 5.41) is 3.59. The first kappa shape index (κ1) is 16.9. The topological polar surface area (TPSA) is 58.1 Å². The molecule has 3 aromatic rings. The molecule has 1 N–H and O–H groups in total. The number of rotatable bonds is 5. The summed E-state index contributed by atoms with van der Waals surface area (Å²) in [4.78, 5) is 22.7. The smallest absolute Gasteiger partial charge is 0.272 e. The lowest BCUT2D eigenvalue weighted by atomic mass is 10.2. The van der Waals surface area contributed by atoms with Crippen LogP contribution in [-0.4, -0.2) is 27.8 Å². The van der Waals surface area contributed by atoms with Crippen LogP contribution in [0.15, 0.2) is 66.9 Å². The highest BCUT2D eigenvalue weighted by atomic mass is 35.5. The molecule has 6 heteroatoms. The average molecular weight is 353 g/mol. The molecule has 0 fully saturated rings. The Hall–Kier alpha value is -2.92. The zero-order valence-corrected chi connectivity index (χ0v) is 14.4. The van der Waals surface area contributed by atoms with E-state index in [1.165, 1.54) is 0 Å². The van der Waals surface area contributed by atoms with Crippen molar-refractivity contribution in [3.8, 4) is 0 Å². The summed E-state index contributed by atoms with van der Waals surface area (Å²) >= 11 is 6.12. The maximum absolute atomic E-state index is 12.6. The van der Waals surface area contributed by atoms with Crippen LogP contribution in [-0.2, 0) is 6.54 Å². The Kier molecular flexibility index (Phi) is 5.26. The zero-order valence-electron chi connectivity index (χ0n) is 13.7. The number of halogens is 1. The number of amides is 1. The number of hydrogen-bond donors (Lipinski definition) is 1. The van der Waals surface area contributed by atoms with Crippen LogP contribution in [0.25, 0.3) is 0 Å². The number of hydrogen-bond acceptors (Lipinski definition) is 4. The molecule has 126 valence electrons. The predicted molar refractivity (Wildman–Crippen MR) is 99.0 cm³/mol. The molecule has 0 spiro atoms. The minimum atomic E-state index is -0.173. The maximum atomic E-state index is 12.6. The number of benzene rings is 2. The van der Waals surface area contributed by atoms with Crippen LogP contribution in [0.1, 0.15) is 16.1 Å². The highest BCUT2D eigenvalue weighted by Gasteiger charge is 2.14. The molecule has 0 saturated carbocycles. The van der Waals surface area contributed by atoms with Crippen molar-refractivity contribution >= 4 is 29.1 Å². The molecule has 1 aromatic heterocycles. The van der Waals surface area contributed by atoms with Gasteiger partial charge in [0.1, 0.15) is 5.69 Å². The van der Waals surface area contributed by atoms with Crippen molar-refractivity contribution in [2.45, 2.75) is 6.54 Å². The van der Waals surface area contributed by atoms with Gasteiger partial charge in [0.2, 0.25) is 5.95 Å². The van der Waals surface area contributed by atoms with E-state index in [4.69, 9.17) is 11.6 Å². The molecule has 0 aliphatic rings. The van der Waals surface area contributed by atoms with Crippen LogP contribution >= 0.6 is 11.6 Å². The van der Waals surface area contributed by atoms with Crippen molar-refractivity contribution in [2.75, 3.05) is 12.4 Å². The van der Waals surface area contributed by atoms with Crippen molar-refractivity contribution in [2.24, 2.45) is 0 Å². The van der Waals surface area contributed by atoms with Gasteiger partial charge in [-0.15, -0.1) is 0 Å². The Bertz CT molecular complexity index is 870. The maximum Gasteiger partial charge on any atom is 0.272 e. The standard InChI is InChI=1S/C19H17ClN4O/c1-24(13-14-7-3-2-4-8-14)18(25)17-11-12-21-19(23-17)22-16-10-6-5-9-15(16)20/h2-12H,13H2,1H3,(H,21,22,23). The van der Waals surface area contributed by atoms with Gasteiger partial charge in [-0.1, -0.05) is 54.1 Å². The molecule has 0 aliphatic carbocycles.